The van der Waals surface area contributed by atoms with Gasteiger partial charge in [0.1, 0.15) is 0 Å². The first-order valence-corrected chi connectivity index (χ1v) is 6.71. The molecule has 20 heavy (non-hydrogen) atoms. The summed E-state index contributed by atoms with van der Waals surface area (Å²) in [4.78, 5) is 12.2. The average molecular weight is 273 g/mol. The van der Waals surface area contributed by atoms with E-state index in [-0.39, 0.29) is 23.9 Å². The monoisotopic (exact) mass is 273 g/mol. The molecule has 3 atom stereocenters. The first kappa shape index (κ1) is 14.5. The van der Waals surface area contributed by atoms with E-state index in [1.807, 2.05) is 26.1 Å². The smallest absolute Gasteiger partial charge is 0.227 e. The lowest BCUT2D eigenvalue weighted by Crippen LogP contribution is -2.43. The Hall–Kier alpha value is -1.90. The van der Waals surface area contributed by atoms with E-state index < -0.39 is 0 Å². The molecule has 1 heterocycles. The molecule has 3 unspecified atom stereocenters. The maximum Gasteiger partial charge on any atom is 0.227 e. The summed E-state index contributed by atoms with van der Waals surface area (Å²) in [5, 5.41) is 14.9. The molecular formula is C15H19N3O2. The van der Waals surface area contributed by atoms with Crippen LogP contribution in [0.4, 0.5) is 0 Å². The second-order valence-corrected chi connectivity index (χ2v) is 5.00. The summed E-state index contributed by atoms with van der Waals surface area (Å²) in [7, 11) is 1.84. The summed E-state index contributed by atoms with van der Waals surface area (Å²) in [6, 6.07) is 9.31. The van der Waals surface area contributed by atoms with Crippen LogP contribution in [-0.2, 0) is 9.53 Å². The summed E-state index contributed by atoms with van der Waals surface area (Å²) in [5.41, 5.74) is 1.60. The number of ether oxygens (including phenoxy) is 1. The van der Waals surface area contributed by atoms with Gasteiger partial charge in [-0.15, -0.1) is 0 Å². The molecule has 1 aliphatic heterocycles. The lowest BCUT2D eigenvalue weighted by molar-refractivity contribution is -0.126. The van der Waals surface area contributed by atoms with Crippen LogP contribution in [-0.4, -0.2) is 32.2 Å². The van der Waals surface area contributed by atoms with Gasteiger partial charge in [0.2, 0.25) is 5.91 Å². The molecule has 0 radical (unpaired) electrons. The quantitative estimate of drug-likeness (QED) is 0.857. The van der Waals surface area contributed by atoms with Crippen LogP contribution in [0.1, 0.15) is 24.1 Å². The fraction of sp³-hybridized carbons (Fsp3) is 0.467. The molecule has 5 heteroatoms. The van der Waals surface area contributed by atoms with E-state index in [0.29, 0.717) is 18.8 Å². The molecule has 1 aromatic rings. The molecule has 0 bridgehead atoms. The molecule has 2 N–H and O–H groups in total. The minimum absolute atomic E-state index is 0.00119. The van der Waals surface area contributed by atoms with Crippen LogP contribution < -0.4 is 10.6 Å². The van der Waals surface area contributed by atoms with Crippen LogP contribution in [0.25, 0.3) is 0 Å². The van der Waals surface area contributed by atoms with E-state index in [1.165, 1.54) is 0 Å². The summed E-state index contributed by atoms with van der Waals surface area (Å²) >= 11 is 0. The number of rotatable bonds is 4. The Morgan fingerprint density at radius 3 is 2.70 bits per heavy atom. The SMILES string of the molecule is CNC1COCC1C(=O)NC(C)c1ccc(C#N)cc1. The van der Waals surface area contributed by atoms with Crippen molar-refractivity contribution in [3.8, 4) is 6.07 Å². The third kappa shape index (κ3) is 3.16. The number of carbonyl (C=O) groups excluding carboxylic acids is 1. The van der Waals surface area contributed by atoms with Crippen LogP contribution >= 0.6 is 0 Å². The standard InChI is InChI=1S/C15H19N3O2/c1-10(12-5-3-11(7-16)4-6-12)18-15(19)13-8-20-9-14(13)17-2/h3-6,10,13-14,17H,8-9H2,1-2H3,(H,18,19). The van der Waals surface area contributed by atoms with Crippen molar-refractivity contribution in [1.29, 1.82) is 5.26 Å². The Morgan fingerprint density at radius 2 is 2.10 bits per heavy atom. The Balaban J connectivity index is 1.98. The van der Waals surface area contributed by atoms with E-state index in [4.69, 9.17) is 10.00 Å². The van der Waals surface area contributed by atoms with Crippen molar-refractivity contribution in [1.82, 2.24) is 10.6 Å². The molecule has 0 saturated carbocycles. The third-order valence-electron chi connectivity index (χ3n) is 3.69. The summed E-state index contributed by atoms with van der Waals surface area (Å²) in [5.74, 6) is -0.153. The topological polar surface area (TPSA) is 74.2 Å². The van der Waals surface area contributed by atoms with Gasteiger partial charge in [-0.2, -0.15) is 5.26 Å². The number of nitrogens with one attached hydrogen (secondary N) is 2. The molecule has 0 aliphatic carbocycles. The van der Waals surface area contributed by atoms with Crippen LogP contribution in [0.3, 0.4) is 0 Å². The van der Waals surface area contributed by atoms with Gasteiger partial charge in [-0.1, -0.05) is 12.1 Å². The highest BCUT2D eigenvalue weighted by Crippen LogP contribution is 2.17. The number of hydrogen-bond donors (Lipinski definition) is 2. The molecule has 1 amide bonds. The molecule has 106 valence electrons. The van der Waals surface area contributed by atoms with Crippen molar-refractivity contribution in [2.75, 3.05) is 20.3 Å². The fourth-order valence-electron chi connectivity index (χ4n) is 2.35. The van der Waals surface area contributed by atoms with Gasteiger partial charge < -0.3 is 15.4 Å². The molecule has 5 nitrogen and oxygen atoms in total. The second kappa shape index (κ2) is 6.51. The lowest BCUT2D eigenvalue weighted by Gasteiger charge is -2.20. The largest absolute Gasteiger partial charge is 0.379 e. The molecular weight excluding hydrogens is 254 g/mol. The first-order valence-electron chi connectivity index (χ1n) is 6.71. The van der Waals surface area contributed by atoms with Gasteiger partial charge >= 0.3 is 0 Å². The number of carbonyl (C=O) groups is 1. The molecule has 0 spiro atoms. The fourth-order valence-corrected chi connectivity index (χ4v) is 2.35. The van der Waals surface area contributed by atoms with Gasteiger partial charge in [-0.05, 0) is 31.7 Å². The highest BCUT2D eigenvalue weighted by molar-refractivity contribution is 5.80. The van der Waals surface area contributed by atoms with Gasteiger partial charge in [0.15, 0.2) is 0 Å². The highest BCUT2D eigenvalue weighted by Gasteiger charge is 2.33. The highest BCUT2D eigenvalue weighted by atomic mass is 16.5. The molecule has 2 rings (SSSR count). The molecule has 0 aromatic heterocycles. The molecule has 1 aliphatic rings. The summed E-state index contributed by atoms with van der Waals surface area (Å²) < 4.78 is 5.34. The Kier molecular flexibility index (Phi) is 4.72. The van der Waals surface area contributed by atoms with E-state index in [2.05, 4.69) is 16.7 Å². The van der Waals surface area contributed by atoms with Crippen LogP contribution in [0.15, 0.2) is 24.3 Å². The molecule has 1 saturated heterocycles. The van der Waals surface area contributed by atoms with Crippen molar-refractivity contribution in [3.63, 3.8) is 0 Å². The number of nitrogens with zero attached hydrogens (tertiary/aromatic N) is 1. The van der Waals surface area contributed by atoms with E-state index in [9.17, 15) is 4.79 Å². The number of likely N-dealkylation sites (N-methyl/N-ethyl adjacent to an activating group) is 1. The number of hydrogen-bond acceptors (Lipinski definition) is 4. The van der Waals surface area contributed by atoms with Gasteiger partial charge in [0.25, 0.3) is 0 Å². The van der Waals surface area contributed by atoms with Crippen molar-refractivity contribution in [2.45, 2.75) is 19.0 Å². The van der Waals surface area contributed by atoms with Crippen molar-refractivity contribution < 1.29 is 9.53 Å². The minimum Gasteiger partial charge on any atom is -0.379 e. The van der Waals surface area contributed by atoms with Crippen LogP contribution in [0, 0.1) is 17.2 Å². The number of benzene rings is 1. The van der Waals surface area contributed by atoms with E-state index in [1.54, 1.807) is 12.1 Å². The first-order chi connectivity index (χ1) is 9.65. The zero-order valence-electron chi connectivity index (χ0n) is 11.7. The van der Waals surface area contributed by atoms with E-state index >= 15 is 0 Å². The second-order valence-electron chi connectivity index (χ2n) is 5.00. The minimum atomic E-state index is -0.152. The van der Waals surface area contributed by atoms with E-state index in [0.717, 1.165) is 5.56 Å². The molecule has 1 fully saturated rings. The predicted molar refractivity (Wildman–Crippen MR) is 74.9 cm³/mol. The van der Waals surface area contributed by atoms with Gasteiger partial charge in [-0.25, -0.2) is 0 Å². The zero-order valence-corrected chi connectivity index (χ0v) is 11.7. The van der Waals surface area contributed by atoms with Gasteiger partial charge in [0.05, 0.1) is 36.8 Å². The average Bonchev–Trinajstić information content (AvgIpc) is 2.95. The summed E-state index contributed by atoms with van der Waals surface area (Å²) in [6.45, 7) is 2.96. The predicted octanol–water partition coefficient (Wildman–Crippen LogP) is 0.970. The Labute approximate surface area is 118 Å². The summed E-state index contributed by atoms with van der Waals surface area (Å²) in [6.07, 6.45) is 0. The maximum absolute atomic E-state index is 12.2. The third-order valence-corrected chi connectivity index (χ3v) is 3.69. The normalized spacial score (nSPS) is 23.1. The Morgan fingerprint density at radius 1 is 1.40 bits per heavy atom. The Bertz CT molecular complexity index is 507. The van der Waals surface area contributed by atoms with Gasteiger partial charge in [0, 0.05) is 6.04 Å². The van der Waals surface area contributed by atoms with Crippen molar-refractivity contribution >= 4 is 5.91 Å². The number of amides is 1. The molecule has 1 aromatic carbocycles. The van der Waals surface area contributed by atoms with Gasteiger partial charge in [-0.3, -0.25) is 4.79 Å². The number of nitriles is 1. The van der Waals surface area contributed by atoms with Crippen LogP contribution in [0.5, 0.6) is 0 Å². The lowest BCUT2D eigenvalue weighted by atomic mass is 10.0. The van der Waals surface area contributed by atoms with Crippen molar-refractivity contribution in [3.05, 3.63) is 35.4 Å². The zero-order chi connectivity index (χ0) is 14.5. The van der Waals surface area contributed by atoms with Crippen molar-refractivity contribution in [2.24, 2.45) is 5.92 Å². The van der Waals surface area contributed by atoms with Crippen LogP contribution in [0.2, 0.25) is 0 Å². The maximum atomic E-state index is 12.2.